The summed E-state index contributed by atoms with van der Waals surface area (Å²) in [7, 11) is 0. The Morgan fingerprint density at radius 2 is 1.93 bits per heavy atom. The van der Waals surface area contributed by atoms with Crippen molar-refractivity contribution in [2.75, 3.05) is 5.73 Å². The normalized spacial score (nSPS) is 13.3. The van der Waals surface area contributed by atoms with E-state index >= 15 is 0 Å². The van der Waals surface area contributed by atoms with E-state index in [0.29, 0.717) is 28.2 Å². The molecule has 0 radical (unpaired) electrons. The highest BCUT2D eigenvalue weighted by atomic mass is 35.5. The van der Waals surface area contributed by atoms with E-state index in [1.54, 1.807) is 12.3 Å². The number of nitrogens with one attached hydrogen (secondary N) is 1. The van der Waals surface area contributed by atoms with Crippen molar-refractivity contribution >= 4 is 34.3 Å². The Balaban J connectivity index is 1.83. The van der Waals surface area contributed by atoms with Crippen LogP contribution in [0.2, 0.25) is 5.15 Å². The predicted octanol–water partition coefficient (Wildman–Crippen LogP) is 4.03. The average Bonchev–Trinajstić information content (AvgIpc) is 3.22. The minimum Gasteiger partial charge on any atom is -0.383 e. The van der Waals surface area contributed by atoms with Gasteiger partial charge >= 0.3 is 0 Å². The van der Waals surface area contributed by atoms with Gasteiger partial charge in [0.15, 0.2) is 11.5 Å². The zero-order valence-electron chi connectivity index (χ0n) is 14.3. The number of nitrogens with two attached hydrogens (primary N) is 1. The number of pyridine rings is 2. The molecule has 6 nitrogen and oxygen atoms in total. The molecule has 3 aromatic heterocycles. The maximum absolute atomic E-state index is 8.07. The standard InChI is InChI=1S/C20H15ClN6/c21-17-8-7-16-20(26-17)27(19(25-16)14-2-1-9-24-18(14)23)12-4-5-13-11(10-12)3-6-15(13)22/h1-2,4-5,7-10,22H,3,6H2,(H2,23,24). The highest BCUT2D eigenvalue weighted by molar-refractivity contribution is 6.29. The highest BCUT2D eigenvalue weighted by Gasteiger charge is 2.21. The van der Waals surface area contributed by atoms with Crippen LogP contribution < -0.4 is 5.73 Å². The zero-order chi connectivity index (χ0) is 18.5. The average molecular weight is 375 g/mol. The number of hydrogen-bond acceptors (Lipinski definition) is 5. The number of aromatic nitrogens is 4. The van der Waals surface area contributed by atoms with Gasteiger partial charge in [-0.2, -0.15) is 0 Å². The molecule has 0 amide bonds. The third-order valence-electron chi connectivity index (χ3n) is 4.87. The Labute approximate surface area is 160 Å². The second-order valence-corrected chi connectivity index (χ2v) is 6.89. The first-order valence-electron chi connectivity index (χ1n) is 8.59. The summed E-state index contributed by atoms with van der Waals surface area (Å²) in [4.78, 5) is 13.4. The van der Waals surface area contributed by atoms with E-state index in [-0.39, 0.29) is 0 Å². The quantitative estimate of drug-likeness (QED) is 0.518. The lowest BCUT2D eigenvalue weighted by Crippen LogP contribution is -2.03. The third-order valence-corrected chi connectivity index (χ3v) is 5.08. The fourth-order valence-corrected chi connectivity index (χ4v) is 3.72. The summed E-state index contributed by atoms with van der Waals surface area (Å²) in [5.41, 5.74) is 12.0. The van der Waals surface area contributed by atoms with E-state index in [0.717, 1.165) is 40.7 Å². The van der Waals surface area contributed by atoms with Crippen LogP contribution in [0.25, 0.3) is 28.2 Å². The molecule has 0 spiro atoms. The first-order chi connectivity index (χ1) is 13.1. The van der Waals surface area contributed by atoms with E-state index in [9.17, 15) is 0 Å². The summed E-state index contributed by atoms with van der Waals surface area (Å²) in [6.07, 6.45) is 3.30. The monoisotopic (exact) mass is 374 g/mol. The van der Waals surface area contributed by atoms with Gasteiger partial charge in [-0.25, -0.2) is 15.0 Å². The lowest BCUT2D eigenvalue weighted by atomic mass is 10.1. The van der Waals surface area contributed by atoms with Crippen LogP contribution in [0.5, 0.6) is 0 Å². The third kappa shape index (κ3) is 2.49. The number of nitrogens with zero attached hydrogens (tertiary/aromatic N) is 4. The Kier molecular flexibility index (Phi) is 3.48. The van der Waals surface area contributed by atoms with Gasteiger partial charge in [-0.1, -0.05) is 17.7 Å². The van der Waals surface area contributed by atoms with Crippen molar-refractivity contribution < 1.29 is 0 Å². The summed E-state index contributed by atoms with van der Waals surface area (Å²) in [5, 5.41) is 8.47. The fourth-order valence-electron chi connectivity index (χ4n) is 3.58. The molecule has 1 aliphatic carbocycles. The maximum Gasteiger partial charge on any atom is 0.166 e. The molecule has 0 saturated carbocycles. The number of aryl methyl sites for hydroxylation is 1. The first-order valence-corrected chi connectivity index (χ1v) is 8.96. The Hall–Kier alpha value is -3.25. The van der Waals surface area contributed by atoms with Crippen molar-refractivity contribution in [2.24, 2.45) is 0 Å². The predicted molar refractivity (Wildman–Crippen MR) is 107 cm³/mol. The van der Waals surface area contributed by atoms with Gasteiger partial charge in [-0.3, -0.25) is 4.57 Å². The lowest BCUT2D eigenvalue weighted by molar-refractivity contribution is 1.05. The molecule has 1 aromatic carbocycles. The van der Waals surface area contributed by atoms with Gasteiger partial charge in [0.05, 0.1) is 5.56 Å². The van der Waals surface area contributed by atoms with Gasteiger partial charge in [0.1, 0.15) is 16.5 Å². The van der Waals surface area contributed by atoms with Crippen LogP contribution in [-0.4, -0.2) is 25.2 Å². The summed E-state index contributed by atoms with van der Waals surface area (Å²) in [5.74, 6) is 1.07. The lowest BCUT2D eigenvalue weighted by Gasteiger charge is -2.11. The van der Waals surface area contributed by atoms with Crippen molar-refractivity contribution in [3.8, 4) is 17.1 Å². The molecule has 4 aromatic rings. The van der Waals surface area contributed by atoms with Crippen molar-refractivity contribution in [1.29, 1.82) is 5.41 Å². The summed E-state index contributed by atoms with van der Waals surface area (Å²) in [6.45, 7) is 0. The number of hydrogen-bond donors (Lipinski definition) is 2. The Morgan fingerprint density at radius 3 is 2.78 bits per heavy atom. The smallest absolute Gasteiger partial charge is 0.166 e. The van der Waals surface area contributed by atoms with Crippen molar-refractivity contribution in [1.82, 2.24) is 19.5 Å². The maximum atomic E-state index is 8.07. The SMILES string of the molecule is N=C1CCc2cc(-n3c(-c4cccnc4N)nc4ccc(Cl)nc43)ccc21. The molecule has 1 aliphatic rings. The van der Waals surface area contributed by atoms with Crippen LogP contribution >= 0.6 is 11.6 Å². The van der Waals surface area contributed by atoms with Crippen LogP contribution in [-0.2, 0) is 6.42 Å². The summed E-state index contributed by atoms with van der Waals surface area (Å²) >= 11 is 6.16. The van der Waals surface area contributed by atoms with Crippen LogP contribution in [0, 0.1) is 5.41 Å². The van der Waals surface area contributed by atoms with Crippen LogP contribution in [0.15, 0.2) is 48.7 Å². The van der Waals surface area contributed by atoms with E-state index in [1.807, 2.05) is 34.9 Å². The molecule has 0 saturated heterocycles. The number of anilines is 1. The molecule has 7 heteroatoms. The Morgan fingerprint density at radius 1 is 1.04 bits per heavy atom. The van der Waals surface area contributed by atoms with Gasteiger partial charge in [-0.05, 0) is 60.4 Å². The van der Waals surface area contributed by atoms with E-state index in [1.165, 1.54) is 0 Å². The van der Waals surface area contributed by atoms with Crippen LogP contribution in [0.4, 0.5) is 5.82 Å². The number of fused-ring (bicyclic) bond motifs is 2. The van der Waals surface area contributed by atoms with E-state index < -0.39 is 0 Å². The van der Waals surface area contributed by atoms with Gasteiger partial charge in [0.25, 0.3) is 0 Å². The van der Waals surface area contributed by atoms with Gasteiger partial charge in [-0.15, -0.1) is 0 Å². The van der Waals surface area contributed by atoms with E-state index in [2.05, 4.69) is 16.0 Å². The zero-order valence-corrected chi connectivity index (χ0v) is 15.0. The summed E-state index contributed by atoms with van der Waals surface area (Å²) in [6, 6.07) is 13.4. The molecular formula is C20H15ClN6. The first kappa shape index (κ1) is 16.0. The van der Waals surface area contributed by atoms with Gasteiger partial charge in [0.2, 0.25) is 0 Å². The number of rotatable bonds is 2. The largest absolute Gasteiger partial charge is 0.383 e. The second kappa shape index (κ2) is 5.89. The minimum absolute atomic E-state index is 0.400. The summed E-state index contributed by atoms with van der Waals surface area (Å²) < 4.78 is 1.96. The number of benzene rings is 1. The molecule has 0 unspecified atom stereocenters. The van der Waals surface area contributed by atoms with E-state index in [4.69, 9.17) is 27.7 Å². The molecule has 132 valence electrons. The van der Waals surface area contributed by atoms with Crippen molar-refractivity contribution in [3.05, 3.63) is 64.9 Å². The molecule has 5 rings (SSSR count). The van der Waals surface area contributed by atoms with Crippen LogP contribution in [0.1, 0.15) is 17.5 Å². The topological polar surface area (TPSA) is 93.5 Å². The molecule has 0 bridgehead atoms. The fraction of sp³-hybridized carbons (Fsp3) is 0.100. The molecule has 0 aliphatic heterocycles. The molecular weight excluding hydrogens is 360 g/mol. The minimum atomic E-state index is 0.400. The van der Waals surface area contributed by atoms with Gasteiger partial charge < -0.3 is 11.1 Å². The Bertz CT molecular complexity index is 1230. The number of imidazole rings is 1. The van der Waals surface area contributed by atoms with Gasteiger partial charge in [0, 0.05) is 17.6 Å². The van der Waals surface area contributed by atoms with Crippen LogP contribution in [0.3, 0.4) is 0 Å². The molecule has 3 N–H and O–H groups in total. The molecule has 0 fully saturated rings. The molecule has 0 atom stereocenters. The number of halogens is 1. The van der Waals surface area contributed by atoms with Crippen molar-refractivity contribution in [2.45, 2.75) is 12.8 Å². The molecule has 3 heterocycles. The number of nitrogen functional groups attached to an aromatic ring is 1. The second-order valence-electron chi connectivity index (χ2n) is 6.50. The highest BCUT2D eigenvalue weighted by Crippen LogP contribution is 2.32. The van der Waals surface area contributed by atoms with Crippen molar-refractivity contribution in [3.63, 3.8) is 0 Å². The molecule has 27 heavy (non-hydrogen) atoms.